The van der Waals surface area contributed by atoms with E-state index in [1.807, 2.05) is 11.8 Å². The molecule has 0 saturated carbocycles. The topological polar surface area (TPSA) is 20.3 Å². The Bertz CT molecular complexity index is 238. The van der Waals surface area contributed by atoms with Crippen molar-refractivity contribution in [2.24, 2.45) is 11.8 Å². The van der Waals surface area contributed by atoms with E-state index in [-0.39, 0.29) is 0 Å². The zero-order valence-electron chi connectivity index (χ0n) is 10.3. The lowest BCUT2D eigenvalue weighted by atomic mass is 9.96. The average Bonchev–Trinajstić information content (AvgIpc) is 2.30. The van der Waals surface area contributed by atoms with Crippen LogP contribution in [0, 0.1) is 11.8 Å². The van der Waals surface area contributed by atoms with Crippen LogP contribution in [0.15, 0.2) is 0 Å². The second-order valence-corrected chi connectivity index (χ2v) is 6.57. The molecule has 0 bridgehead atoms. The SMILES string of the molecule is CC1CCCN(C(=O)CC2CCSCC2)C1. The molecule has 2 aliphatic heterocycles. The first kappa shape index (κ1) is 12.3. The fraction of sp³-hybridized carbons (Fsp3) is 0.923. The number of piperidine rings is 1. The van der Waals surface area contributed by atoms with Gasteiger partial charge in [0.05, 0.1) is 0 Å². The van der Waals surface area contributed by atoms with E-state index < -0.39 is 0 Å². The number of likely N-dealkylation sites (tertiary alicyclic amines) is 1. The number of nitrogens with zero attached hydrogens (tertiary/aromatic N) is 1. The molecule has 92 valence electrons. The molecule has 2 nitrogen and oxygen atoms in total. The summed E-state index contributed by atoms with van der Waals surface area (Å²) in [7, 11) is 0. The van der Waals surface area contributed by atoms with Crippen LogP contribution in [0.25, 0.3) is 0 Å². The van der Waals surface area contributed by atoms with Gasteiger partial charge in [-0.2, -0.15) is 11.8 Å². The highest BCUT2D eigenvalue weighted by Gasteiger charge is 2.24. The van der Waals surface area contributed by atoms with Gasteiger partial charge in [0.1, 0.15) is 0 Å². The van der Waals surface area contributed by atoms with Crippen LogP contribution in [0.1, 0.15) is 39.0 Å². The van der Waals surface area contributed by atoms with Crippen LogP contribution >= 0.6 is 11.8 Å². The quantitative estimate of drug-likeness (QED) is 0.741. The van der Waals surface area contributed by atoms with Crippen molar-refractivity contribution in [2.75, 3.05) is 24.6 Å². The van der Waals surface area contributed by atoms with Crippen molar-refractivity contribution in [2.45, 2.75) is 39.0 Å². The minimum absolute atomic E-state index is 0.420. The molecule has 0 aliphatic carbocycles. The number of rotatable bonds is 2. The lowest BCUT2D eigenvalue weighted by Crippen LogP contribution is -2.40. The van der Waals surface area contributed by atoms with Crippen LogP contribution in [0.3, 0.4) is 0 Å². The van der Waals surface area contributed by atoms with Crippen molar-refractivity contribution in [1.82, 2.24) is 4.90 Å². The highest BCUT2D eigenvalue weighted by molar-refractivity contribution is 7.99. The summed E-state index contributed by atoms with van der Waals surface area (Å²) in [4.78, 5) is 14.2. The minimum Gasteiger partial charge on any atom is -0.342 e. The van der Waals surface area contributed by atoms with Crippen molar-refractivity contribution in [3.8, 4) is 0 Å². The highest BCUT2D eigenvalue weighted by atomic mass is 32.2. The van der Waals surface area contributed by atoms with E-state index in [1.54, 1.807) is 0 Å². The maximum absolute atomic E-state index is 12.1. The standard InChI is InChI=1S/C13H23NOS/c1-11-3-2-6-14(10-11)13(15)9-12-4-7-16-8-5-12/h11-12H,2-10H2,1H3. The number of carbonyl (C=O) groups is 1. The van der Waals surface area contributed by atoms with Crippen LogP contribution in [0.5, 0.6) is 0 Å². The number of hydrogen-bond donors (Lipinski definition) is 0. The second kappa shape index (κ2) is 5.95. The molecule has 2 fully saturated rings. The molecule has 0 spiro atoms. The molecule has 0 aromatic carbocycles. The van der Waals surface area contributed by atoms with Gasteiger partial charge in [-0.05, 0) is 49.0 Å². The molecule has 0 aromatic rings. The van der Waals surface area contributed by atoms with Crippen molar-refractivity contribution in [3.05, 3.63) is 0 Å². The second-order valence-electron chi connectivity index (χ2n) is 5.35. The van der Waals surface area contributed by atoms with Gasteiger partial charge in [0, 0.05) is 19.5 Å². The van der Waals surface area contributed by atoms with Gasteiger partial charge in [-0.25, -0.2) is 0 Å². The molecule has 2 saturated heterocycles. The largest absolute Gasteiger partial charge is 0.342 e. The smallest absolute Gasteiger partial charge is 0.222 e. The molecular weight excluding hydrogens is 218 g/mol. The van der Waals surface area contributed by atoms with E-state index in [9.17, 15) is 4.79 Å². The first-order chi connectivity index (χ1) is 7.75. The maximum atomic E-state index is 12.1. The number of hydrogen-bond acceptors (Lipinski definition) is 2. The third kappa shape index (κ3) is 3.41. The van der Waals surface area contributed by atoms with Gasteiger partial charge in [-0.3, -0.25) is 4.79 Å². The lowest BCUT2D eigenvalue weighted by molar-refractivity contribution is -0.134. The summed E-state index contributed by atoms with van der Waals surface area (Å²) >= 11 is 2.04. The van der Waals surface area contributed by atoms with Crippen molar-refractivity contribution in [1.29, 1.82) is 0 Å². The molecule has 0 radical (unpaired) electrons. The van der Waals surface area contributed by atoms with Gasteiger partial charge in [-0.1, -0.05) is 6.92 Å². The van der Waals surface area contributed by atoms with Gasteiger partial charge in [-0.15, -0.1) is 0 Å². The minimum atomic E-state index is 0.420. The van der Waals surface area contributed by atoms with Crippen molar-refractivity contribution >= 4 is 17.7 Å². The molecule has 0 N–H and O–H groups in total. The van der Waals surface area contributed by atoms with Crippen LogP contribution in [-0.4, -0.2) is 35.4 Å². The third-order valence-corrected chi connectivity index (χ3v) is 4.86. The fourth-order valence-electron chi connectivity index (χ4n) is 2.74. The van der Waals surface area contributed by atoms with Gasteiger partial charge < -0.3 is 4.90 Å². The summed E-state index contributed by atoms with van der Waals surface area (Å²) in [5.41, 5.74) is 0. The highest BCUT2D eigenvalue weighted by Crippen LogP contribution is 2.26. The summed E-state index contributed by atoms with van der Waals surface area (Å²) in [6.07, 6.45) is 5.81. The Balaban J connectivity index is 1.77. The summed E-state index contributed by atoms with van der Waals surface area (Å²) in [5.74, 6) is 4.32. The molecule has 0 aromatic heterocycles. The molecular formula is C13H23NOS. The molecule has 3 heteroatoms. The molecule has 16 heavy (non-hydrogen) atoms. The Hall–Kier alpha value is -0.180. The molecule has 2 aliphatic rings. The average molecular weight is 241 g/mol. The van der Waals surface area contributed by atoms with Crippen LogP contribution in [0.4, 0.5) is 0 Å². The van der Waals surface area contributed by atoms with E-state index in [0.717, 1.165) is 19.5 Å². The van der Waals surface area contributed by atoms with E-state index in [1.165, 1.54) is 37.2 Å². The fourth-order valence-corrected chi connectivity index (χ4v) is 3.95. The zero-order chi connectivity index (χ0) is 11.4. The predicted octanol–water partition coefficient (Wildman–Crippen LogP) is 2.78. The van der Waals surface area contributed by atoms with E-state index in [0.29, 0.717) is 17.7 Å². The molecule has 1 amide bonds. The number of amides is 1. The molecule has 1 atom stereocenters. The Morgan fingerprint density at radius 2 is 2.06 bits per heavy atom. The molecule has 2 rings (SSSR count). The summed E-state index contributed by atoms with van der Waals surface area (Å²) in [5, 5.41) is 0. The van der Waals surface area contributed by atoms with E-state index >= 15 is 0 Å². The zero-order valence-corrected chi connectivity index (χ0v) is 11.1. The van der Waals surface area contributed by atoms with Gasteiger partial charge >= 0.3 is 0 Å². The van der Waals surface area contributed by atoms with Crippen molar-refractivity contribution < 1.29 is 4.79 Å². The first-order valence-electron chi connectivity index (χ1n) is 6.61. The van der Waals surface area contributed by atoms with Crippen LogP contribution in [0.2, 0.25) is 0 Å². The molecule has 1 unspecified atom stereocenters. The van der Waals surface area contributed by atoms with E-state index in [4.69, 9.17) is 0 Å². The van der Waals surface area contributed by atoms with Crippen LogP contribution < -0.4 is 0 Å². The van der Waals surface area contributed by atoms with Gasteiger partial charge in [0.2, 0.25) is 5.91 Å². The Morgan fingerprint density at radius 1 is 1.31 bits per heavy atom. The first-order valence-corrected chi connectivity index (χ1v) is 7.76. The predicted molar refractivity (Wildman–Crippen MR) is 69.6 cm³/mol. The summed E-state index contributed by atoms with van der Waals surface area (Å²) in [6, 6.07) is 0. The Kier molecular flexibility index (Phi) is 4.56. The Labute approximate surface area is 103 Å². The number of carbonyl (C=O) groups excluding carboxylic acids is 1. The van der Waals surface area contributed by atoms with E-state index in [2.05, 4.69) is 11.8 Å². The van der Waals surface area contributed by atoms with Gasteiger partial charge in [0.25, 0.3) is 0 Å². The van der Waals surface area contributed by atoms with Crippen LogP contribution in [-0.2, 0) is 4.79 Å². The summed E-state index contributed by atoms with van der Waals surface area (Å²) in [6.45, 7) is 4.27. The van der Waals surface area contributed by atoms with Crippen molar-refractivity contribution in [3.63, 3.8) is 0 Å². The summed E-state index contributed by atoms with van der Waals surface area (Å²) < 4.78 is 0. The third-order valence-electron chi connectivity index (χ3n) is 3.81. The number of thioether (sulfide) groups is 1. The molecule has 2 heterocycles. The monoisotopic (exact) mass is 241 g/mol. The maximum Gasteiger partial charge on any atom is 0.222 e. The van der Waals surface area contributed by atoms with Gasteiger partial charge in [0.15, 0.2) is 0 Å². The Morgan fingerprint density at radius 3 is 2.75 bits per heavy atom. The lowest BCUT2D eigenvalue weighted by Gasteiger charge is -2.32. The normalized spacial score (nSPS) is 28.1.